The van der Waals surface area contributed by atoms with E-state index in [1.807, 2.05) is 0 Å². The molecule has 0 amide bonds. The number of benzene rings is 1. The highest BCUT2D eigenvalue weighted by molar-refractivity contribution is 5.89. The number of rotatable bonds is 4. The highest BCUT2D eigenvalue weighted by Gasteiger charge is 2.33. The lowest BCUT2D eigenvalue weighted by atomic mass is 10.1. The Morgan fingerprint density at radius 1 is 1.32 bits per heavy atom. The second kappa shape index (κ2) is 6.04. The largest absolute Gasteiger partial charge is 0.497 e. The minimum Gasteiger partial charge on any atom is -0.497 e. The molecule has 0 spiro atoms. The second-order valence-electron chi connectivity index (χ2n) is 4.69. The number of carbonyl (C=O) groups is 1. The first-order valence-electron chi connectivity index (χ1n) is 6.33. The van der Waals surface area contributed by atoms with Gasteiger partial charge in [-0.25, -0.2) is 4.79 Å². The molecular weight excluding hydrogens is 248 g/mol. The summed E-state index contributed by atoms with van der Waals surface area (Å²) in [5.41, 5.74) is 0.340. The molecule has 104 valence electrons. The summed E-state index contributed by atoms with van der Waals surface area (Å²) >= 11 is 0. The minimum atomic E-state index is -1.26. The number of aliphatic hydroxyl groups excluding tert-OH is 2. The van der Waals surface area contributed by atoms with Crippen LogP contribution in [-0.4, -0.2) is 35.7 Å². The Kier molecular flexibility index (Phi) is 4.39. The molecule has 1 unspecified atom stereocenters. The van der Waals surface area contributed by atoms with E-state index in [1.165, 1.54) is 0 Å². The van der Waals surface area contributed by atoms with Crippen LogP contribution in [0.1, 0.15) is 29.6 Å². The van der Waals surface area contributed by atoms with Crippen LogP contribution in [0, 0.1) is 5.92 Å². The summed E-state index contributed by atoms with van der Waals surface area (Å²) in [7, 11) is 1.54. The predicted octanol–water partition coefficient (Wildman–Crippen LogP) is 1.33. The van der Waals surface area contributed by atoms with Crippen LogP contribution in [0.15, 0.2) is 24.3 Å². The van der Waals surface area contributed by atoms with Crippen molar-refractivity contribution >= 4 is 5.97 Å². The third-order valence-corrected chi connectivity index (χ3v) is 3.45. The van der Waals surface area contributed by atoms with E-state index in [2.05, 4.69) is 0 Å². The zero-order valence-electron chi connectivity index (χ0n) is 10.8. The first-order valence-corrected chi connectivity index (χ1v) is 6.33. The average molecular weight is 266 g/mol. The van der Waals surface area contributed by atoms with E-state index < -0.39 is 18.4 Å². The minimum absolute atomic E-state index is 0.340. The summed E-state index contributed by atoms with van der Waals surface area (Å²) in [6, 6.07) is 6.43. The van der Waals surface area contributed by atoms with Crippen LogP contribution in [0.3, 0.4) is 0 Å². The molecule has 1 aliphatic carbocycles. The standard InChI is InChI=1S/C14H18O5/c1-18-10-7-5-9(6-8-10)13(16)19-14(17)11-3-2-4-12(11)15/h5-8,11-12,14-15,17H,2-4H2,1H3/t11-,12-,14?/m1/s1. The maximum absolute atomic E-state index is 11.8. The van der Waals surface area contributed by atoms with Crippen LogP contribution in [-0.2, 0) is 4.74 Å². The maximum atomic E-state index is 11.8. The summed E-state index contributed by atoms with van der Waals surface area (Å²) in [6.45, 7) is 0. The molecule has 5 nitrogen and oxygen atoms in total. The van der Waals surface area contributed by atoms with Gasteiger partial charge in [-0.15, -0.1) is 0 Å². The molecule has 1 aliphatic rings. The zero-order chi connectivity index (χ0) is 13.8. The first kappa shape index (κ1) is 13.8. The van der Waals surface area contributed by atoms with E-state index in [1.54, 1.807) is 31.4 Å². The normalized spacial score (nSPS) is 23.9. The Morgan fingerprint density at radius 2 is 2.00 bits per heavy atom. The third-order valence-electron chi connectivity index (χ3n) is 3.45. The highest BCUT2D eigenvalue weighted by atomic mass is 16.6. The molecule has 2 N–H and O–H groups in total. The van der Waals surface area contributed by atoms with Gasteiger partial charge in [0, 0.05) is 5.92 Å². The summed E-state index contributed by atoms with van der Waals surface area (Å²) in [5, 5.41) is 19.5. The third kappa shape index (κ3) is 3.24. The van der Waals surface area contributed by atoms with Gasteiger partial charge in [-0.2, -0.15) is 0 Å². The van der Waals surface area contributed by atoms with Crippen molar-refractivity contribution in [1.82, 2.24) is 0 Å². The van der Waals surface area contributed by atoms with Crippen molar-refractivity contribution < 1.29 is 24.5 Å². The molecule has 0 heterocycles. The van der Waals surface area contributed by atoms with Crippen molar-refractivity contribution in [3.8, 4) is 5.75 Å². The van der Waals surface area contributed by atoms with Crippen molar-refractivity contribution in [2.24, 2.45) is 5.92 Å². The molecule has 1 aromatic carbocycles. The number of esters is 1. The van der Waals surface area contributed by atoms with Gasteiger partial charge in [0.2, 0.25) is 6.29 Å². The number of aliphatic hydroxyl groups is 2. The molecule has 1 saturated carbocycles. The molecule has 5 heteroatoms. The molecule has 2 rings (SSSR count). The Labute approximate surface area is 111 Å². The molecule has 19 heavy (non-hydrogen) atoms. The van der Waals surface area contributed by atoms with Crippen molar-refractivity contribution in [1.29, 1.82) is 0 Å². The number of hydrogen-bond acceptors (Lipinski definition) is 5. The monoisotopic (exact) mass is 266 g/mol. The molecule has 0 bridgehead atoms. The van der Waals surface area contributed by atoms with E-state index in [0.717, 1.165) is 6.42 Å². The van der Waals surface area contributed by atoms with E-state index in [4.69, 9.17) is 9.47 Å². The van der Waals surface area contributed by atoms with Gasteiger partial charge in [-0.1, -0.05) is 6.42 Å². The van der Waals surface area contributed by atoms with E-state index in [9.17, 15) is 15.0 Å². The molecule has 0 saturated heterocycles. The smallest absolute Gasteiger partial charge is 0.340 e. The zero-order valence-corrected chi connectivity index (χ0v) is 10.8. The lowest BCUT2D eigenvalue weighted by Gasteiger charge is -2.21. The predicted molar refractivity (Wildman–Crippen MR) is 67.8 cm³/mol. The van der Waals surface area contributed by atoms with Crippen LogP contribution in [0.2, 0.25) is 0 Å². The molecule has 1 aromatic rings. The van der Waals surface area contributed by atoms with Crippen LogP contribution in [0.4, 0.5) is 0 Å². The maximum Gasteiger partial charge on any atom is 0.340 e. The lowest BCUT2D eigenvalue weighted by molar-refractivity contribution is -0.118. The van der Waals surface area contributed by atoms with Gasteiger partial charge in [-0.3, -0.25) is 0 Å². The SMILES string of the molecule is COc1ccc(C(=O)OC(O)[C@@H]2CCC[C@H]2O)cc1. The van der Waals surface area contributed by atoms with Crippen molar-refractivity contribution in [2.45, 2.75) is 31.7 Å². The lowest BCUT2D eigenvalue weighted by Crippen LogP contribution is -2.31. The number of hydrogen-bond donors (Lipinski definition) is 2. The molecule has 1 fully saturated rings. The summed E-state index contributed by atoms with van der Waals surface area (Å²) in [5.74, 6) is -0.347. The van der Waals surface area contributed by atoms with Gasteiger partial charge in [0.25, 0.3) is 0 Å². The van der Waals surface area contributed by atoms with Crippen molar-refractivity contribution in [2.75, 3.05) is 7.11 Å². The van der Waals surface area contributed by atoms with Crippen molar-refractivity contribution in [3.63, 3.8) is 0 Å². The summed E-state index contributed by atoms with van der Waals surface area (Å²) in [6.07, 6.45) is 0.286. The van der Waals surface area contributed by atoms with Crippen LogP contribution >= 0.6 is 0 Å². The fourth-order valence-electron chi connectivity index (χ4n) is 2.29. The van der Waals surface area contributed by atoms with Gasteiger partial charge in [0.05, 0.1) is 18.8 Å². The molecule has 0 aliphatic heterocycles. The van der Waals surface area contributed by atoms with Crippen LogP contribution in [0.25, 0.3) is 0 Å². The second-order valence-corrected chi connectivity index (χ2v) is 4.69. The topological polar surface area (TPSA) is 76.0 Å². The Bertz CT molecular complexity index is 428. The molecule has 3 atom stereocenters. The Morgan fingerprint density at radius 3 is 2.53 bits per heavy atom. The Balaban J connectivity index is 1.96. The average Bonchev–Trinajstić information content (AvgIpc) is 2.85. The van der Waals surface area contributed by atoms with Gasteiger partial charge in [0.15, 0.2) is 0 Å². The fraction of sp³-hybridized carbons (Fsp3) is 0.500. The summed E-state index contributed by atoms with van der Waals surface area (Å²) < 4.78 is 9.97. The summed E-state index contributed by atoms with van der Waals surface area (Å²) in [4.78, 5) is 11.8. The number of methoxy groups -OCH3 is 1. The Hall–Kier alpha value is -1.59. The van der Waals surface area contributed by atoms with E-state index >= 15 is 0 Å². The van der Waals surface area contributed by atoms with Crippen LogP contribution in [0.5, 0.6) is 5.75 Å². The number of ether oxygens (including phenoxy) is 2. The quantitative estimate of drug-likeness (QED) is 0.635. The molecular formula is C14H18O5. The van der Waals surface area contributed by atoms with Gasteiger partial charge in [0.1, 0.15) is 5.75 Å². The molecule has 0 radical (unpaired) electrons. The highest BCUT2D eigenvalue weighted by Crippen LogP contribution is 2.29. The van der Waals surface area contributed by atoms with Crippen molar-refractivity contribution in [3.05, 3.63) is 29.8 Å². The fourth-order valence-corrected chi connectivity index (χ4v) is 2.29. The number of carbonyl (C=O) groups excluding carboxylic acids is 1. The van der Waals surface area contributed by atoms with Crippen LogP contribution < -0.4 is 4.74 Å². The van der Waals surface area contributed by atoms with E-state index in [0.29, 0.717) is 24.2 Å². The van der Waals surface area contributed by atoms with E-state index in [-0.39, 0.29) is 5.92 Å². The van der Waals surface area contributed by atoms with Gasteiger partial charge in [-0.05, 0) is 37.1 Å². The molecule has 0 aromatic heterocycles. The van der Waals surface area contributed by atoms with Gasteiger partial charge < -0.3 is 19.7 Å². The first-order chi connectivity index (χ1) is 9.11. The van der Waals surface area contributed by atoms with Gasteiger partial charge >= 0.3 is 5.97 Å².